The zero-order valence-electron chi connectivity index (χ0n) is 16.2. The number of carbonyl (C=O) groups is 2. The van der Waals surface area contributed by atoms with E-state index in [4.69, 9.17) is 0 Å². The second kappa shape index (κ2) is 7.35. The molecule has 0 bridgehead atoms. The number of thiophene rings is 1. The lowest BCUT2D eigenvalue weighted by molar-refractivity contribution is 0.0924. The maximum absolute atomic E-state index is 12.6. The van der Waals surface area contributed by atoms with Gasteiger partial charge < -0.3 is 15.2 Å². The Morgan fingerprint density at radius 1 is 1.18 bits per heavy atom. The Hall–Kier alpha value is -2.74. The Labute approximate surface area is 167 Å². The quantitative estimate of drug-likeness (QED) is 0.626. The fraction of sp³-hybridized carbons (Fsp3) is 0.400. The summed E-state index contributed by atoms with van der Waals surface area (Å²) in [5, 5.41) is 6.69. The maximum atomic E-state index is 12.6. The lowest BCUT2D eigenvalue weighted by Crippen LogP contribution is -2.35. The zero-order valence-corrected chi connectivity index (χ0v) is 17.0. The van der Waals surface area contributed by atoms with Crippen molar-refractivity contribution < 1.29 is 9.59 Å². The van der Waals surface area contributed by atoms with E-state index in [1.165, 1.54) is 11.3 Å². The van der Waals surface area contributed by atoms with Crippen LogP contribution >= 0.6 is 11.3 Å². The van der Waals surface area contributed by atoms with E-state index in [0.717, 1.165) is 40.1 Å². The summed E-state index contributed by atoms with van der Waals surface area (Å²) in [4.78, 5) is 35.6. The Bertz CT molecular complexity index is 1060. The molecule has 3 heterocycles. The number of aryl methyl sites for hydroxylation is 3. The van der Waals surface area contributed by atoms with Gasteiger partial charge in [0.15, 0.2) is 0 Å². The first-order chi connectivity index (χ1) is 13.5. The molecule has 0 atom stereocenters. The largest absolute Gasteiger partial charge is 0.350 e. The molecule has 1 saturated carbocycles. The molecule has 146 valence electrons. The minimum absolute atomic E-state index is 0.138. The van der Waals surface area contributed by atoms with Crippen molar-refractivity contribution in [3.8, 4) is 0 Å². The van der Waals surface area contributed by atoms with Gasteiger partial charge in [0.25, 0.3) is 11.8 Å². The van der Waals surface area contributed by atoms with Crippen LogP contribution in [-0.2, 0) is 7.05 Å². The van der Waals surface area contributed by atoms with E-state index in [1.54, 1.807) is 10.6 Å². The third kappa shape index (κ3) is 3.52. The molecule has 0 unspecified atom stereocenters. The molecule has 0 radical (unpaired) electrons. The number of aromatic nitrogens is 3. The van der Waals surface area contributed by atoms with E-state index in [2.05, 4.69) is 20.6 Å². The van der Waals surface area contributed by atoms with Crippen molar-refractivity contribution in [3.05, 3.63) is 46.0 Å². The first-order valence-electron chi connectivity index (χ1n) is 9.41. The van der Waals surface area contributed by atoms with Crippen LogP contribution in [0.4, 0.5) is 0 Å². The van der Waals surface area contributed by atoms with Crippen LogP contribution < -0.4 is 10.6 Å². The predicted molar refractivity (Wildman–Crippen MR) is 109 cm³/mol. The molecule has 0 saturated heterocycles. The lowest BCUT2D eigenvalue weighted by Gasteiger charge is -2.07. The van der Waals surface area contributed by atoms with Crippen LogP contribution in [0.2, 0.25) is 0 Å². The molecular weight excluding hydrogens is 374 g/mol. The zero-order chi connectivity index (χ0) is 19.8. The number of nitrogens with zero attached hydrogens (tertiary/aromatic N) is 3. The fourth-order valence-electron chi connectivity index (χ4n) is 3.32. The lowest BCUT2D eigenvalue weighted by atomic mass is 10.1. The van der Waals surface area contributed by atoms with Crippen molar-refractivity contribution in [3.63, 3.8) is 0 Å². The van der Waals surface area contributed by atoms with Crippen LogP contribution in [0.5, 0.6) is 0 Å². The van der Waals surface area contributed by atoms with Gasteiger partial charge >= 0.3 is 0 Å². The van der Waals surface area contributed by atoms with Gasteiger partial charge in [0.2, 0.25) is 0 Å². The van der Waals surface area contributed by atoms with Gasteiger partial charge in [0.05, 0.1) is 10.6 Å². The van der Waals surface area contributed by atoms with Crippen LogP contribution in [0.3, 0.4) is 0 Å². The number of hydrogen-bond acceptors (Lipinski definition) is 5. The van der Waals surface area contributed by atoms with Gasteiger partial charge in [-0.15, -0.1) is 11.3 Å². The van der Waals surface area contributed by atoms with E-state index in [-0.39, 0.29) is 11.8 Å². The topological polar surface area (TPSA) is 88.9 Å². The van der Waals surface area contributed by atoms with Crippen molar-refractivity contribution in [2.24, 2.45) is 7.05 Å². The van der Waals surface area contributed by atoms with Crippen LogP contribution in [0.1, 0.15) is 56.0 Å². The highest BCUT2D eigenvalue weighted by Crippen LogP contribution is 2.40. The monoisotopic (exact) mass is 397 g/mol. The smallest absolute Gasteiger partial charge is 0.267 e. The molecule has 0 aliphatic heterocycles. The molecule has 7 nitrogen and oxygen atoms in total. The molecule has 4 rings (SSSR count). The van der Waals surface area contributed by atoms with E-state index < -0.39 is 0 Å². The minimum atomic E-state index is -0.154. The van der Waals surface area contributed by atoms with E-state index in [0.29, 0.717) is 29.6 Å². The van der Waals surface area contributed by atoms with Gasteiger partial charge in [-0.05, 0) is 44.4 Å². The van der Waals surface area contributed by atoms with E-state index in [9.17, 15) is 9.59 Å². The van der Waals surface area contributed by atoms with Gasteiger partial charge in [-0.2, -0.15) is 0 Å². The van der Waals surface area contributed by atoms with Crippen LogP contribution in [0.15, 0.2) is 18.3 Å². The Kier molecular flexibility index (Phi) is 4.89. The molecule has 2 N–H and O–H groups in total. The summed E-state index contributed by atoms with van der Waals surface area (Å²) in [5.41, 5.74) is 2.45. The number of amides is 2. The second-order valence-corrected chi connectivity index (χ2v) is 8.19. The number of carbonyl (C=O) groups excluding carboxylic acids is 2. The van der Waals surface area contributed by atoms with E-state index >= 15 is 0 Å². The van der Waals surface area contributed by atoms with Crippen molar-refractivity contribution in [1.29, 1.82) is 0 Å². The molecule has 2 amide bonds. The molecule has 8 heteroatoms. The van der Waals surface area contributed by atoms with Crippen LogP contribution in [0.25, 0.3) is 10.2 Å². The highest BCUT2D eigenvalue weighted by molar-refractivity contribution is 7.20. The fourth-order valence-corrected chi connectivity index (χ4v) is 4.48. The van der Waals surface area contributed by atoms with Crippen molar-refractivity contribution in [2.45, 2.75) is 32.6 Å². The summed E-state index contributed by atoms with van der Waals surface area (Å²) in [6.07, 6.45) is 4.12. The summed E-state index contributed by atoms with van der Waals surface area (Å²) in [6.45, 7) is 4.65. The molecule has 1 aliphatic carbocycles. The normalized spacial score (nSPS) is 13.7. The highest BCUT2D eigenvalue weighted by atomic mass is 32.1. The molecule has 0 aromatic carbocycles. The molecule has 28 heavy (non-hydrogen) atoms. The van der Waals surface area contributed by atoms with Gasteiger partial charge in [-0.3, -0.25) is 9.59 Å². The number of rotatable bonds is 6. The molecular formula is C20H23N5O2S. The maximum Gasteiger partial charge on any atom is 0.267 e. The Balaban J connectivity index is 1.40. The Morgan fingerprint density at radius 3 is 2.54 bits per heavy atom. The van der Waals surface area contributed by atoms with Gasteiger partial charge in [0.1, 0.15) is 16.3 Å². The van der Waals surface area contributed by atoms with Crippen molar-refractivity contribution >= 4 is 33.4 Å². The average molecular weight is 398 g/mol. The van der Waals surface area contributed by atoms with Crippen molar-refractivity contribution in [1.82, 2.24) is 25.2 Å². The van der Waals surface area contributed by atoms with E-state index in [1.807, 2.05) is 33.2 Å². The number of hydrogen-bond donors (Lipinski definition) is 2. The minimum Gasteiger partial charge on any atom is -0.350 e. The summed E-state index contributed by atoms with van der Waals surface area (Å²) < 4.78 is 1.76. The molecule has 1 aliphatic rings. The molecule has 3 aromatic rings. The molecule has 3 aromatic heterocycles. The standard InChI is InChI=1S/C20H23N5O2S/c1-11-15-12(2)23-17(13-6-7-13)24-20(15)28-16(11)19(27)22-9-8-21-18(26)14-5-4-10-25(14)3/h4-5,10,13H,6-9H2,1-3H3,(H,21,26)(H,22,27). The van der Waals surface area contributed by atoms with Gasteiger partial charge in [0, 0.05) is 37.6 Å². The summed E-state index contributed by atoms with van der Waals surface area (Å²) in [7, 11) is 1.82. The first kappa shape index (κ1) is 18.6. The van der Waals surface area contributed by atoms with Crippen molar-refractivity contribution in [2.75, 3.05) is 13.1 Å². The summed E-state index contributed by atoms with van der Waals surface area (Å²) >= 11 is 1.42. The second-order valence-electron chi connectivity index (χ2n) is 7.19. The van der Waals surface area contributed by atoms with Crippen LogP contribution in [0, 0.1) is 13.8 Å². The van der Waals surface area contributed by atoms with Gasteiger partial charge in [-0.25, -0.2) is 9.97 Å². The predicted octanol–water partition coefficient (Wildman–Crippen LogP) is 2.68. The van der Waals surface area contributed by atoms with Gasteiger partial charge in [-0.1, -0.05) is 0 Å². The number of nitrogens with one attached hydrogen (secondary N) is 2. The summed E-state index contributed by atoms with van der Waals surface area (Å²) in [5.74, 6) is 1.09. The highest BCUT2D eigenvalue weighted by Gasteiger charge is 2.28. The van der Waals surface area contributed by atoms with Crippen LogP contribution in [-0.4, -0.2) is 39.4 Å². The average Bonchev–Trinajstić information content (AvgIpc) is 3.34. The third-order valence-electron chi connectivity index (χ3n) is 5.01. The molecule has 1 fully saturated rings. The SMILES string of the molecule is Cc1nc(C2CC2)nc2sc(C(=O)NCCNC(=O)c3cccn3C)c(C)c12. The third-order valence-corrected chi connectivity index (χ3v) is 6.19. The first-order valence-corrected chi connectivity index (χ1v) is 10.2. The number of fused-ring (bicyclic) bond motifs is 1. The molecule has 0 spiro atoms. The Morgan fingerprint density at radius 2 is 1.89 bits per heavy atom. The summed E-state index contributed by atoms with van der Waals surface area (Å²) in [6, 6.07) is 3.58.